The molecule has 4 heteroatoms. The van der Waals surface area contributed by atoms with Gasteiger partial charge in [-0.25, -0.2) is 0 Å². The van der Waals surface area contributed by atoms with E-state index in [0.29, 0.717) is 6.54 Å². The third kappa shape index (κ3) is 3.82. The number of hydrogen-bond donors (Lipinski definition) is 1. The number of aromatic nitrogens is 1. The minimum Gasteiger partial charge on any atom is -0.480 e. The fourth-order valence-corrected chi connectivity index (χ4v) is 1.94. The largest absolute Gasteiger partial charge is 0.480 e. The Morgan fingerprint density at radius 2 is 1.75 bits per heavy atom. The number of carbonyl (C=O) groups is 1. The van der Waals surface area contributed by atoms with Crippen LogP contribution in [0.4, 0.5) is 5.69 Å². The Labute approximate surface area is 118 Å². The molecule has 0 bridgehead atoms. The molecule has 0 spiro atoms. The molecular weight excluding hydrogens is 252 g/mol. The van der Waals surface area contributed by atoms with Crippen molar-refractivity contribution >= 4 is 11.7 Å². The number of aliphatic carboxylic acids is 1. The van der Waals surface area contributed by atoms with Crippen molar-refractivity contribution in [2.24, 2.45) is 0 Å². The second-order valence-electron chi connectivity index (χ2n) is 4.91. The first-order valence-corrected chi connectivity index (χ1v) is 6.49. The number of carboxylic acid groups (broad SMARTS) is 1. The van der Waals surface area contributed by atoms with Crippen molar-refractivity contribution in [2.75, 3.05) is 11.4 Å². The monoisotopic (exact) mass is 270 g/mol. The van der Waals surface area contributed by atoms with Crippen molar-refractivity contribution in [1.29, 1.82) is 0 Å². The van der Waals surface area contributed by atoms with Gasteiger partial charge in [0.2, 0.25) is 0 Å². The van der Waals surface area contributed by atoms with E-state index in [1.807, 2.05) is 50.2 Å². The van der Waals surface area contributed by atoms with Gasteiger partial charge in [-0.3, -0.25) is 9.78 Å². The van der Waals surface area contributed by atoms with E-state index < -0.39 is 5.97 Å². The summed E-state index contributed by atoms with van der Waals surface area (Å²) in [6.07, 6.45) is 1.80. The standard InChI is InChI=1S/C16H18N2O2/c1-12-4-7-15(8-5-12)18(11-16(19)20)10-14-6-3-13(2)9-17-14/h3-9H,10-11H2,1-2H3,(H,19,20). The van der Waals surface area contributed by atoms with Crippen LogP contribution in [0.3, 0.4) is 0 Å². The van der Waals surface area contributed by atoms with E-state index in [4.69, 9.17) is 5.11 Å². The Hall–Kier alpha value is -2.36. The number of pyridine rings is 1. The predicted molar refractivity (Wildman–Crippen MR) is 78.8 cm³/mol. The number of benzene rings is 1. The molecule has 0 saturated heterocycles. The summed E-state index contributed by atoms with van der Waals surface area (Å²) in [7, 11) is 0. The molecule has 1 heterocycles. The maximum absolute atomic E-state index is 11.0. The predicted octanol–water partition coefficient (Wildman–Crippen LogP) is 2.79. The highest BCUT2D eigenvalue weighted by molar-refractivity contribution is 5.73. The van der Waals surface area contributed by atoms with E-state index in [0.717, 1.165) is 22.5 Å². The van der Waals surface area contributed by atoms with Crippen molar-refractivity contribution in [3.63, 3.8) is 0 Å². The fraction of sp³-hybridized carbons (Fsp3) is 0.250. The molecule has 0 unspecified atom stereocenters. The molecule has 4 nitrogen and oxygen atoms in total. The van der Waals surface area contributed by atoms with Crippen LogP contribution in [0.5, 0.6) is 0 Å². The Morgan fingerprint density at radius 1 is 1.10 bits per heavy atom. The van der Waals surface area contributed by atoms with E-state index in [2.05, 4.69) is 4.98 Å². The molecule has 0 aliphatic carbocycles. The van der Waals surface area contributed by atoms with Crippen LogP contribution in [0.25, 0.3) is 0 Å². The Balaban J connectivity index is 2.21. The molecule has 1 N–H and O–H groups in total. The van der Waals surface area contributed by atoms with Crippen molar-refractivity contribution < 1.29 is 9.90 Å². The van der Waals surface area contributed by atoms with E-state index >= 15 is 0 Å². The molecule has 2 aromatic rings. The summed E-state index contributed by atoms with van der Waals surface area (Å²) in [5.41, 5.74) is 3.99. The molecular formula is C16H18N2O2. The summed E-state index contributed by atoms with van der Waals surface area (Å²) in [4.78, 5) is 17.2. The normalized spacial score (nSPS) is 10.3. The minimum atomic E-state index is -0.849. The maximum Gasteiger partial charge on any atom is 0.323 e. The zero-order valence-corrected chi connectivity index (χ0v) is 11.7. The van der Waals surface area contributed by atoms with Gasteiger partial charge in [-0.05, 0) is 37.6 Å². The topological polar surface area (TPSA) is 53.4 Å². The Morgan fingerprint density at radius 3 is 2.30 bits per heavy atom. The third-order valence-electron chi connectivity index (χ3n) is 3.05. The summed E-state index contributed by atoms with van der Waals surface area (Å²) in [5.74, 6) is -0.849. The van der Waals surface area contributed by atoms with Gasteiger partial charge in [0.05, 0.1) is 12.2 Å². The fourth-order valence-electron chi connectivity index (χ4n) is 1.94. The van der Waals surface area contributed by atoms with Gasteiger partial charge < -0.3 is 10.0 Å². The van der Waals surface area contributed by atoms with Gasteiger partial charge in [0.25, 0.3) is 0 Å². The van der Waals surface area contributed by atoms with Crippen LogP contribution in [-0.2, 0) is 11.3 Å². The van der Waals surface area contributed by atoms with Gasteiger partial charge in [0, 0.05) is 11.9 Å². The first kappa shape index (κ1) is 14.1. The van der Waals surface area contributed by atoms with Crippen LogP contribution in [0.15, 0.2) is 42.6 Å². The molecule has 0 fully saturated rings. The molecule has 1 aromatic heterocycles. The quantitative estimate of drug-likeness (QED) is 0.907. The average molecular weight is 270 g/mol. The van der Waals surface area contributed by atoms with Crippen molar-refractivity contribution in [3.8, 4) is 0 Å². The van der Waals surface area contributed by atoms with Crippen LogP contribution < -0.4 is 4.90 Å². The summed E-state index contributed by atoms with van der Waals surface area (Å²) in [5, 5.41) is 9.06. The molecule has 1 aromatic carbocycles. The summed E-state index contributed by atoms with van der Waals surface area (Å²) < 4.78 is 0. The average Bonchev–Trinajstić information content (AvgIpc) is 2.41. The van der Waals surface area contributed by atoms with Crippen molar-refractivity contribution in [1.82, 2.24) is 4.98 Å². The first-order valence-electron chi connectivity index (χ1n) is 6.49. The second kappa shape index (κ2) is 6.19. The van der Waals surface area contributed by atoms with E-state index in [9.17, 15) is 4.79 Å². The van der Waals surface area contributed by atoms with Crippen molar-refractivity contribution in [3.05, 3.63) is 59.4 Å². The number of anilines is 1. The molecule has 0 amide bonds. The molecule has 20 heavy (non-hydrogen) atoms. The molecule has 0 aliphatic rings. The van der Waals surface area contributed by atoms with Crippen LogP contribution in [0.2, 0.25) is 0 Å². The van der Waals surface area contributed by atoms with Gasteiger partial charge in [0.15, 0.2) is 0 Å². The zero-order chi connectivity index (χ0) is 14.5. The number of carboxylic acids is 1. The van der Waals surface area contributed by atoms with Crippen LogP contribution in [0, 0.1) is 13.8 Å². The number of aryl methyl sites for hydroxylation is 2. The lowest BCUT2D eigenvalue weighted by Gasteiger charge is -2.22. The van der Waals surface area contributed by atoms with Crippen LogP contribution in [0.1, 0.15) is 16.8 Å². The lowest BCUT2D eigenvalue weighted by Crippen LogP contribution is -2.29. The molecule has 2 rings (SSSR count). The molecule has 0 radical (unpaired) electrons. The van der Waals surface area contributed by atoms with Gasteiger partial charge in [-0.15, -0.1) is 0 Å². The highest BCUT2D eigenvalue weighted by atomic mass is 16.4. The number of nitrogens with zero attached hydrogens (tertiary/aromatic N) is 2. The van der Waals surface area contributed by atoms with E-state index in [1.165, 1.54) is 0 Å². The zero-order valence-electron chi connectivity index (χ0n) is 11.7. The third-order valence-corrected chi connectivity index (χ3v) is 3.05. The maximum atomic E-state index is 11.0. The van der Waals surface area contributed by atoms with Crippen molar-refractivity contribution in [2.45, 2.75) is 20.4 Å². The smallest absolute Gasteiger partial charge is 0.323 e. The van der Waals surface area contributed by atoms with Gasteiger partial charge in [-0.1, -0.05) is 23.8 Å². The Kier molecular flexibility index (Phi) is 4.35. The second-order valence-corrected chi connectivity index (χ2v) is 4.91. The van der Waals surface area contributed by atoms with E-state index in [1.54, 1.807) is 11.1 Å². The highest BCUT2D eigenvalue weighted by Gasteiger charge is 2.12. The lowest BCUT2D eigenvalue weighted by atomic mass is 10.2. The molecule has 0 aliphatic heterocycles. The SMILES string of the molecule is Cc1ccc(N(CC(=O)O)Cc2ccc(C)cn2)cc1. The number of rotatable bonds is 5. The van der Waals surface area contributed by atoms with Gasteiger partial charge in [0.1, 0.15) is 6.54 Å². The first-order chi connectivity index (χ1) is 9.54. The van der Waals surface area contributed by atoms with Crippen LogP contribution >= 0.6 is 0 Å². The summed E-state index contributed by atoms with van der Waals surface area (Å²) >= 11 is 0. The van der Waals surface area contributed by atoms with Crippen LogP contribution in [-0.4, -0.2) is 22.6 Å². The highest BCUT2D eigenvalue weighted by Crippen LogP contribution is 2.17. The summed E-state index contributed by atoms with van der Waals surface area (Å²) in [6, 6.07) is 11.7. The number of hydrogen-bond acceptors (Lipinski definition) is 3. The Bertz CT molecular complexity index is 576. The van der Waals surface area contributed by atoms with E-state index in [-0.39, 0.29) is 6.54 Å². The molecule has 0 saturated carbocycles. The van der Waals surface area contributed by atoms with Gasteiger partial charge >= 0.3 is 5.97 Å². The molecule has 104 valence electrons. The minimum absolute atomic E-state index is 0.0430. The summed E-state index contributed by atoms with van der Waals surface area (Å²) in [6.45, 7) is 4.42. The molecule has 0 atom stereocenters. The lowest BCUT2D eigenvalue weighted by molar-refractivity contribution is -0.135. The van der Waals surface area contributed by atoms with Gasteiger partial charge in [-0.2, -0.15) is 0 Å².